The maximum absolute atomic E-state index is 12.5. The minimum absolute atomic E-state index is 0.173. The molecule has 5 heteroatoms. The van der Waals surface area contributed by atoms with Crippen molar-refractivity contribution in [2.24, 2.45) is 11.8 Å². The van der Waals surface area contributed by atoms with E-state index in [1.165, 1.54) is 17.7 Å². The quantitative estimate of drug-likeness (QED) is 0.493. The minimum atomic E-state index is -0.705. The van der Waals surface area contributed by atoms with E-state index in [-0.39, 0.29) is 35.6 Å². The van der Waals surface area contributed by atoms with Crippen LogP contribution < -0.4 is 5.32 Å². The van der Waals surface area contributed by atoms with Crippen LogP contribution in [0.2, 0.25) is 0 Å². The van der Waals surface area contributed by atoms with Gasteiger partial charge in [-0.25, -0.2) is 0 Å². The first-order chi connectivity index (χ1) is 11.1. The van der Waals surface area contributed by atoms with E-state index in [2.05, 4.69) is 5.32 Å². The van der Waals surface area contributed by atoms with Gasteiger partial charge in [-0.1, -0.05) is 37.8 Å². The van der Waals surface area contributed by atoms with Crippen molar-refractivity contribution < 1.29 is 14.4 Å². The number of fused-ring (bicyclic) bond motifs is 1. The van der Waals surface area contributed by atoms with E-state index in [9.17, 15) is 14.4 Å². The molecule has 0 spiro atoms. The van der Waals surface area contributed by atoms with E-state index >= 15 is 0 Å². The molecule has 0 bridgehead atoms. The van der Waals surface area contributed by atoms with Crippen LogP contribution in [0.1, 0.15) is 58.3 Å². The average molecular weight is 318 g/mol. The second kappa shape index (κ2) is 6.85. The molecule has 3 atom stereocenters. The summed E-state index contributed by atoms with van der Waals surface area (Å²) in [5, 5.41) is 3.06. The van der Waals surface area contributed by atoms with E-state index in [1.54, 1.807) is 6.92 Å². The highest BCUT2D eigenvalue weighted by atomic mass is 16.2. The topological polar surface area (TPSA) is 66.5 Å². The van der Waals surface area contributed by atoms with Crippen molar-refractivity contribution in [1.29, 1.82) is 0 Å². The predicted octanol–water partition coefficient (Wildman–Crippen LogP) is 2.17. The Hall–Kier alpha value is -1.65. The third-order valence-electron chi connectivity index (χ3n) is 5.51. The first kappa shape index (κ1) is 16.2. The van der Waals surface area contributed by atoms with Gasteiger partial charge in [-0.2, -0.15) is 0 Å². The molecule has 0 aromatic rings. The lowest BCUT2D eigenvalue weighted by Gasteiger charge is -2.25. The molecule has 23 heavy (non-hydrogen) atoms. The van der Waals surface area contributed by atoms with Gasteiger partial charge in [0.25, 0.3) is 0 Å². The molecule has 1 saturated heterocycles. The van der Waals surface area contributed by atoms with E-state index in [4.69, 9.17) is 0 Å². The molecule has 0 aromatic heterocycles. The Labute approximate surface area is 137 Å². The van der Waals surface area contributed by atoms with Crippen LogP contribution in [0.25, 0.3) is 0 Å². The van der Waals surface area contributed by atoms with Crippen LogP contribution in [-0.4, -0.2) is 34.7 Å². The Morgan fingerprint density at radius 3 is 2.09 bits per heavy atom. The number of nitrogens with zero attached hydrogens (tertiary/aromatic N) is 1. The van der Waals surface area contributed by atoms with Crippen molar-refractivity contribution in [1.82, 2.24) is 10.2 Å². The molecule has 126 valence electrons. The lowest BCUT2D eigenvalue weighted by Crippen LogP contribution is -2.50. The normalized spacial score (nSPS) is 30.0. The number of likely N-dealkylation sites (tertiary alicyclic amines) is 1. The summed E-state index contributed by atoms with van der Waals surface area (Å²) >= 11 is 0. The van der Waals surface area contributed by atoms with Gasteiger partial charge in [0.05, 0.1) is 11.8 Å². The van der Waals surface area contributed by atoms with Gasteiger partial charge in [-0.3, -0.25) is 19.3 Å². The standard InChI is InChI=1S/C18H26N2O3/c1-12(16(21)19-13-8-4-2-3-5-9-13)20-17(22)14-10-6-7-11-15(14)18(20)23/h6-7,12-15H,2-5,8-11H2,1H3,(H,19,21)/t12-,14?,15?/m0/s1. The second-order valence-electron chi connectivity index (χ2n) is 7.08. The van der Waals surface area contributed by atoms with Crippen LogP contribution in [0, 0.1) is 11.8 Å². The Morgan fingerprint density at radius 1 is 1.04 bits per heavy atom. The maximum Gasteiger partial charge on any atom is 0.243 e. The van der Waals surface area contributed by atoms with E-state index in [1.807, 2.05) is 12.2 Å². The zero-order valence-electron chi connectivity index (χ0n) is 13.8. The SMILES string of the molecule is C[C@@H](C(=O)NC1CCCCCC1)N1C(=O)C2CC=CCC2C1=O. The van der Waals surface area contributed by atoms with E-state index < -0.39 is 6.04 Å². The molecule has 3 amide bonds. The molecule has 5 nitrogen and oxygen atoms in total. The van der Waals surface area contributed by atoms with Gasteiger partial charge in [-0.15, -0.1) is 0 Å². The first-order valence-corrected chi connectivity index (χ1v) is 8.92. The van der Waals surface area contributed by atoms with Gasteiger partial charge >= 0.3 is 0 Å². The molecule has 1 N–H and O–H groups in total. The molecule has 2 fully saturated rings. The monoisotopic (exact) mass is 318 g/mol. The van der Waals surface area contributed by atoms with Gasteiger partial charge < -0.3 is 5.32 Å². The summed E-state index contributed by atoms with van der Waals surface area (Å²) in [4.78, 5) is 38.8. The van der Waals surface area contributed by atoms with Crippen molar-refractivity contribution in [2.45, 2.75) is 70.4 Å². The Kier molecular flexibility index (Phi) is 4.83. The zero-order chi connectivity index (χ0) is 16.4. The molecule has 0 aromatic carbocycles. The lowest BCUT2D eigenvalue weighted by molar-refractivity contribution is -0.147. The molecule has 1 saturated carbocycles. The molecule has 2 unspecified atom stereocenters. The third kappa shape index (κ3) is 3.19. The minimum Gasteiger partial charge on any atom is -0.352 e. The summed E-state index contributed by atoms with van der Waals surface area (Å²) in [6.45, 7) is 1.67. The molecular formula is C18H26N2O3. The summed E-state index contributed by atoms with van der Waals surface area (Å²) in [7, 11) is 0. The number of hydrogen-bond donors (Lipinski definition) is 1. The molecule has 2 aliphatic carbocycles. The molecular weight excluding hydrogens is 292 g/mol. The van der Waals surface area contributed by atoms with Crippen LogP contribution in [0.3, 0.4) is 0 Å². The van der Waals surface area contributed by atoms with Crippen LogP contribution in [0.4, 0.5) is 0 Å². The fourth-order valence-electron chi connectivity index (χ4n) is 4.07. The first-order valence-electron chi connectivity index (χ1n) is 8.92. The largest absolute Gasteiger partial charge is 0.352 e. The highest BCUT2D eigenvalue weighted by Gasteiger charge is 2.50. The third-order valence-corrected chi connectivity index (χ3v) is 5.51. The summed E-state index contributed by atoms with van der Waals surface area (Å²) < 4.78 is 0. The maximum atomic E-state index is 12.5. The number of carbonyl (C=O) groups is 3. The molecule has 1 heterocycles. The Morgan fingerprint density at radius 2 is 1.57 bits per heavy atom. The van der Waals surface area contributed by atoms with Crippen molar-refractivity contribution in [3.63, 3.8) is 0 Å². The van der Waals surface area contributed by atoms with Gasteiger partial charge in [0, 0.05) is 6.04 Å². The Bertz CT molecular complexity index is 494. The van der Waals surface area contributed by atoms with Crippen molar-refractivity contribution in [2.75, 3.05) is 0 Å². The molecule has 3 aliphatic rings. The van der Waals surface area contributed by atoms with E-state index in [0.717, 1.165) is 25.7 Å². The predicted molar refractivity (Wildman–Crippen MR) is 86.3 cm³/mol. The fraction of sp³-hybridized carbons (Fsp3) is 0.722. The smallest absolute Gasteiger partial charge is 0.243 e. The summed E-state index contributed by atoms with van der Waals surface area (Å²) in [5.41, 5.74) is 0. The van der Waals surface area contributed by atoms with Crippen molar-refractivity contribution in [3.05, 3.63) is 12.2 Å². The summed E-state index contributed by atoms with van der Waals surface area (Å²) in [5.74, 6) is -1.06. The van der Waals surface area contributed by atoms with Crippen LogP contribution in [-0.2, 0) is 14.4 Å². The Balaban J connectivity index is 1.65. The number of rotatable bonds is 3. The molecule has 1 aliphatic heterocycles. The molecule has 0 radical (unpaired) electrons. The summed E-state index contributed by atoms with van der Waals surface area (Å²) in [6, 6.07) is -0.520. The number of allylic oxidation sites excluding steroid dienone is 2. The van der Waals surface area contributed by atoms with E-state index in [0.29, 0.717) is 12.8 Å². The van der Waals surface area contributed by atoms with Gasteiger partial charge in [0.1, 0.15) is 6.04 Å². The molecule has 3 rings (SSSR count). The van der Waals surface area contributed by atoms with Crippen molar-refractivity contribution >= 4 is 17.7 Å². The second-order valence-corrected chi connectivity index (χ2v) is 7.08. The van der Waals surface area contributed by atoms with Crippen LogP contribution in [0.5, 0.6) is 0 Å². The number of nitrogens with one attached hydrogen (secondary N) is 1. The number of imide groups is 1. The summed E-state index contributed by atoms with van der Waals surface area (Å²) in [6.07, 6.45) is 11.9. The fourth-order valence-corrected chi connectivity index (χ4v) is 4.07. The van der Waals surface area contributed by atoms with Gasteiger partial charge in [0.15, 0.2) is 0 Å². The van der Waals surface area contributed by atoms with Crippen LogP contribution >= 0.6 is 0 Å². The highest BCUT2D eigenvalue weighted by Crippen LogP contribution is 2.36. The van der Waals surface area contributed by atoms with Gasteiger partial charge in [-0.05, 0) is 32.6 Å². The highest BCUT2D eigenvalue weighted by molar-refractivity contribution is 6.08. The van der Waals surface area contributed by atoms with Crippen molar-refractivity contribution in [3.8, 4) is 0 Å². The number of hydrogen-bond acceptors (Lipinski definition) is 3. The average Bonchev–Trinajstić information content (AvgIpc) is 2.74. The number of carbonyl (C=O) groups excluding carboxylic acids is 3. The zero-order valence-corrected chi connectivity index (χ0v) is 13.8. The van der Waals surface area contributed by atoms with Crippen LogP contribution in [0.15, 0.2) is 12.2 Å². The number of amides is 3. The lowest BCUT2D eigenvalue weighted by atomic mass is 9.85. The van der Waals surface area contributed by atoms with Gasteiger partial charge in [0.2, 0.25) is 17.7 Å².